The average Bonchev–Trinajstić information content (AvgIpc) is 2.02. The van der Waals surface area contributed by atoms with Crippen LogP contribution in [0.3, 0.4) is 0 Å². The topological polar surface area (TPSA) is 86.1 Å². The highest BCUT2D eigenvalue weighted by Crippen LogP contribution is 2.20. The quantitative estimate of drug-likeness (QED) is 0.274. The van der Waals surface area contributed by atoms with E-state index in [0.717, 1.165) is 0 Å². The van der Waals surface area contributed by atoms with Crippen LogP contribution < -0.4 is 15.8 Å². The standard InChI is InChI=1S/C6H6N4O2/c1-10(2)4-3(8-9-7)5(11)6(4)12/h1-2H3. The summed E-state index contributed by atoms with van der Waals surface area (Å²) in [6.45, 7) is 0. The molecule has 0 aliphatic heterocycles. The molecule has 0 aliphatic carbocycles. The van der Waals surface area contributed by atoms with Crippen molar-refractivity contribution in [2.45, 2.75) is 0 Å². The molecule has 12 heavy (non-hydrogen) atoms. The van der Waals surface area contributed by atoms with Gasteiger partial charge in [-0.15, -0.1) is 0 Å². The van der Waals surface area contributed by atoms with Crippen molar-refractivity contribution in [3.8, 4) is 0 Å². The van der Waals surface area contributed by atoms with Gasteiger partial charge in [-0.3, -0.25) is 9.59 Å². The van der Waals surface area contributed by atoms with E-state index in [1.165, 1.54) is 4.90 Å². The fourth-order valence-corrected chi connectivity index (χ4v) is 0.920. The SMILES string of the molecule is CN(C)c1c(N=[N+]=[N-])c(=O)c1=O. The fraction of sp³-hybridized carbons (Fsp3) is 0.333. The first-order valence-corrected chi connectivity index (χ1v) is 3.15. The zero-order valence-electron chi connectivity index (χ0n) is 6.61. The summed E-state index contributed by atoms with van der Waals surface area (Å²) in [6.07, 6.45) is 0. The van der Waals surface area contributed by atoms with E-state index in [4.69, 9.17) is 5.53 Å². The Balaban J connectivity index is 3.32. The third-order valence-corrected chi connectivity index (χ3v) is 1.45. The molecule has 0 aromatic heterocycles. The monoisotopic (exact) mass is 166 g/mol. The van der Waals surface area contributed by atoms with Gasteiger partial charge in [-0.25, -0.2) is 0 Å². The minimum Gasteiger partial charge on any atom is -0.374 e. The molecule has 0 aliphatic rings. The largest absolute Gasteiger partial charge is 0.374 e. The maximum Gasteiger partial charge on any atom is 0.250 e. The van der Waals surface area contributed by atoms with E-state index >= 15 is 0 Å². The fourth-order valence-electron chi connectivity index (χ4n) is 0.920. The maximum atomic E-state index is 10.9. The molecule has 62 valence electrons. The molecule has 0 amide bonds. The normalized spacial score (nSPS) is 9.50. The molecule has 1 rings (SSSR count). The Bertz CT molecular complexity index is 421. The lowest BCUT2D eigenvalue weighted by molar-refractivity contribution is 1.09. The van der Waals surface area contributed by atoms with Crippen LogP contribution in [-0.4, -0.2) is 14.1 Å². The van der Waals surface area contributed by atoms with Crippen LogP contribution in [0.15, 0.2) is 14.7 Å². The van der Waals surface area contributed by atoms with Gasteiger partial charge in [-0.1, -0.05) is 5.11 Å². The van der Waals surface area contributed by atoms with E-state index in [1.54, 1.807) is 14.1 Å². The van der Waals surface area contributed by atoms with E-state index in [9.17, 15) is 9.59 Å². The van der Waals surface area contributed by atoms with Crippen LogP contribution in [0, 0.1) is 0 Å². The zero-order valence-corrected chi connectivity index (χ0v) is 6.61. The second-order valence-corrected chi connectivity index (χ2v) is 2.44. The molecular formula is C6H6N4O2. The maximum absolute atomic E-state index is 10.9. The first kappa shape index (κ1) is 8.29. The summed E-state index contributed by atoms with van der Waals surface area (Å²) in [6, 6.07) is 0. The molecule has 0 unspecified atom stereocenters. The van der Waals surface area contributed by atoms with Crippen LogP contribution in [0.25, 0.3) is 10.4 Å². The molecule has 0 saturated carbocycles. The Morgan fingerprint density at radius 1 is 1.33 bits per heavy atom. The van der Waals surface area contributed by atoms with Crippen molar-refractivity contribution in [3.05, 3.63) is 30.9 Å². The van der Waals surface area contributed by atoms with Crippen molar-refractivity contribution in [2.75, 3.05) is 19.0 Å². The zero-order chi connectivity index (χ0) is 9.30. The van der Waals surface area contributed by atoms with E-state index in [-0.39, 0.29) is 11.4 Å². The molecule has 0 saturated heterocycles. The number of azide groups is 1. The predicted octanol–water partition coefficient (Wildman–Crippen LogP) is 0.290. The Morgan fingerprint density at radius 2 is 1.92 bits per heavy atom. The van der Waals surface area contributed by atoms with E-state index < -0.39 is 10.9 Å². The van der Waals surface area contributed by atoms with Crippen molar-refractivity contribution < 1.29 is 0 Å². The molecular weight excluding hydrogens is 160 g/mol. The van der Waals surface area contributed by atoms with Gasteiger partial charge in [0.15, 0.2) is 0 Å². The van der Waals surface area contributed by atoms with E-state index in [0.29, 0.717) is 0 Å². The number of hydrogen-bond acceptors (Lipinski definition) is 4. The Kier molecular flexibility index (Phi) is 1.85. The second-order valence-electron chi connectivity index (χ2n) is 2.44. The smallest absolute Gasteiger partial charge is 0.250 e. The molecule has 6 nitrogen and oxygen atoms in total. The van der Waals surface area contributed by atoms with E-state index in [2.05, 4.69) is 10.0 Å². The average molecular weight is 166 g/mol. The van der Waals surface area contributed by atoms with Gasteiger partial charge in [-0.05, 0) is 5.53 Å². The lowest BCUT2D eigenvalue weighted by Crippen LogP contribution is -2.36. The summed E-state index contributed by atoms with van der Waals surface area (Å²) < 4.78 is 0. The summed E-state index contributed by atoms with van der Waals surface area (Å²) in [5.74, 6) is 0. The Morgan fingerprint density at radius 3 is 2.33 bits per heavy atom. The van der Waals surface area contributed by atoms with Crippen LogP contribution in [0.2, 0.25) is 0 Å². The van der Waals surface area contributed by atoms with Gasteiger partial charge >= 0.3 is 0 Å². The number of nitrogens with zero attached hydrogens (tertiary/aromatic N) is 4. The molecule has 6 heteroatoms. The van der Waals surface area contributed by atoms with Gasteiger partial charge < -0.3 is 4.90 Å². The molecule has 0 atom stereocenters. The molecule has 0 bridgehead atoms. The molecule has 1 aromatic carbocycles. The van der Waals surface area contributed by atoms with Crippen LogP contribution in [-0.2, 0) is 0 Å². The highest BCUT2D eigenvalue weighted by atomic mass is 16.2. The van der Waals surface area contributed by atoms with Gasteiger partial charge in [0.05, 0.1) is 0 Å². The number of hydrogen-bond donors (Lipinski definition) is 0. The first-order valence-electron chi connectivity index (χ1n) is 3.15. The molecule has 1 aromatic rings. The summed E-state index contributed by atoms with van der Waals surface area (Å²) >= 11 is 0. The van der Waals surface area contributed by atoms with Crippen molar-refractivity contribution in [2.24, 2.45) is 5.11 Å². The van der Waals surface area contributed by atoms with Crippen molar-refractivity contribution in [3.63, 3.8) is 0 Å². The molecule has 0 radical (unpaired) electrons. The van der Waals surface area contributed by atoms with Crippen LogP contribution in [0.1, 0.15) is 0 Å². The molecule has 0 heterocycles. The van der Waals surface area contributed by atoms with Crippen molar-refractivity contribution in [1.82, 2.24) is 0 Å². The second kappa shape index (κ2) is 2.67. The number of anilines is 1. The summed E-state index contributed by atoms with van der Waals surface area (Å²) in [4.78, 5) is 25.5. The number of rotatable bonds is 2. The Labute approximate surface area is 67.4 Å². The predicted molar refractivity (Wildman–Crippen MR) is 44.5 cm³/mol. The highest BCUT2D eigenvalue weighted by molar-refractivity contribution is 5.71. The summed E-state index contributed by atoms with van der Waals surface area (Å²) in [7, 11) is 3.21. The Hall–Kier alpha value is -1.81. The molecule has 0 N–H and O–H groups in total. The van der Waals surface area contributed by atoms with Gasteiger partial charge in [0.1, 0.15) is 11.4 Å². The van der Waals surface area contributed by atoms with Crippen molar-refractivity contribution >= 4 is 11.4 Å². The van der Waals surface area contributed by atoms with Crippen LogP contribution in [0.4, 0.5) is 11.4 Å². The summed E-state index contributed by atoms with van der Waals surface area (Å²) in [5.41, 5.74) is 6.83. The lowest BCUT2D eigenvalue weighted by atomic mass is 10.2. The third-order valence-electron chi connectivity index (χ3n) is 1.45. The lowest BCUT2D eigenvalue weighted by Gasteiger charge is -2.14. The minimum atomic E-state index is -0.712. The van der Waals surface area contributed by atoms with E-state index in [1.807, 2.05) is 0 Å². The minimum absolute atomic E-state index is 0.0903. The van der Waals surface area contributed by atoms with Gasteiger partial charge in [0.25, 0.3) is 0 Å². The van der Waals surface area contributed by atoms with Gasteiger partial charge in [-0.2, -0.15) is 0 Å². The third kappa shape index (κ3) is 0.943. The van der Waals surface area contributed by atoms with Crippen LogP contribution in [0.5, 0.6) is 0 Å². The van der Waals surface area contributed by atoms with Crippen molar-refractivity contribution in [1.29, 1.82) is 0 Å². The van der Waals surface area contributed by atoms with Crippen LogP contribution >= 0.6 is 0 Å². The summed E-state index contributed by atoms with van der Waals surface area (Å²) in [5, 5.41) is 3.11. The van der Waals surface area contributed by atoms with Gasteiger partial charge in [0, 0.05) is 19.0 Å². The molecule has 0 spiro atoms. The highest BCUT2D eigenvalue weighted by Gasteiger charge is 2.20. The molecule has 0 fully saturated rings. The first-order chi connectivity index (χ1) is 5.59. The van der Waals surface area contributed by atoms with Gasteiger partial charge in [0.2, 0.25) is 10.9 Å².